The molecule has 3 nitrogen and oxygen atoms in total. The molecule has 18 heavy (non-hydrogen) atoms. The van der Waals surface area contributed by atoms with Crippen molar-refractivity contribution < 1.29 is 0 Å². The molecule has 1 rings (SSSR count). The van der Waals surface area contributed by atoms with E-state index in [1.807, 2.05) is 23.5 Å². The Hall–Kier alpha value is 0. The second kappa shape index (κ2) is 8.23. The maximum absolute atomic E-state index is 4.51. The van der Waals surface area contributed by atoms with Gasteiger partial charge in [-0.3, -0.25) is 4.68 Å². The van der Waals surface area contributed by atoms with E-state index < -0.39 is 0 Å². The van der Waals surface area contributed by atoms with Gasteiger partial charge in [0.25, 0.3) is 0 Å². The molecule has 0 amide bonds. The largest absolute Gasteiger partial charge is 0.309 e. The van der Waals surface area contributed by atoms with Crippen LogP contribution in [0.3, 0.4) is 0 Å². The van der Waals surface area contributed by atoms with Crippen molar-refractivity contribution in [1.82, 2.24) is 15.1 Å². The molecule has 1 unspecified atom stereocenters. The molecule has 1 heterocycles. The van der Waals surface area contributed by atoms with Gasteiger partial charge in [0.1, 0.15) is 0 Å². The number of halogens is 1. The number of aryl methyl sites for hydroxylation is 2. The van der Waals surface area contributed by atoms with Gasteiger partial charge in [-0.15, -0.1) is 0 Å². The van der Waals surface area contributed by atoms with Gasteiger partial charge in [0.15, 0.2) is 0 Å². The monoisotopic (exact) mass is 333 g/mol. The number of hydrogen-bond donors (Lipinski definition) is 1. The fourth-order valence-electron chi connectivity index (χ4n) is 1.79. The second-order valence-corrected chi connectivity index (χ2v) is 6.64. The van der Waals surface area contributed by atoms with E-state index in [1.54, 1.807) is 0 Å². The molecule has 0 bridgehead atoms. The Bertz CT molecular complexity index is 365. The first kappa shape index (κ1) is 16.1. The Morgan fingerprint density at radius 3 is 2.72 bits per heavy atom. The highest BCUT2D eigenvalue weighted by atomic mass is 79.9. The lowest BCUT2D eigenvalue weighted by Crippen LogP contribution is -2.27. The van der Waals surface area contributed by atoms with Crippen LogP contribution in [-0.2, 0) is 20.0 Å². The third kappa shape index (κ3) is 4.59. The molecule has 0 aliphatic carbocycles. The number of nitrogens with zero attached hydrogens (tertiary/aromatic N) is 2. The Morgan fingerprint density at radius 1 is 1.44 bits per heavy atom. The van der Waals surface area contributed by atoms with Crippen LogP contribution in [0, 0.1) is 0 Å². The van der Waals surface area contributed by atoms with Crippen molar-refractivity contribution in [2.24, 2.45) is 7.05 Å². The molecule has 0 aliphatic heterocycles. The normalized spacial score (nSPS) is 12.9. The summed E-state index contributed by atoms with van der Waals surface area (Å²) < 4.78 is 3.14. The summed E-state index contributed by atoms with van der Waals surface area (Å²) in [4.78, 5) is 0. The van der Waals surface area contributed by atoms with Crippen LogP contribution >= 0.6 is 27.7 Å². The maximum Gasteiger partial charge on any atom is 0.0767 e. The highest BCUT2D eigenvalue weighted by molar-refractivity contribution is 9.10. The fraction of sp³-hybridized carbons (Fsp3) is 0.769. The predicted octanol–water partition coefficient (Wildman–Crippen LogP) is 3.37. The van der Waals surface area contributed by atoms with E-state index in [1.165, 1.54) is 23.6 Å². The van der Waals surface area contributed by atoms with Crippen molar-refractivity contribution in [3.8, 4) is 0 Å². The van der Waals surface area contributed by atoms with Crippen LogP contribution in [0.4, 0.5) is 0 Å². The van der Waals surface area contributed by atoms with Crippen LogP contribution in [-0.4, -0.2) is 27.3 Å². The highest BCUT2D eigenvalue weighted by Gasteiger charge is 2.12. The lowest BCUT2D eigenvalue weighted by molar-refractivity contribution is 0.518. The van der Waals surface area contributed by atoms with Gasteiger partial charge in [-0.1, -0.05) is 13.8 Å². The number of thioether (sulfide) groups is 1. The average Bonchev–Trinajstić information content (AvgIpc) is 2.62. The van der Waals surface area contributed by atoms with E-state index in [4.69, 9.17) is 0 Å². The Balaban J connectivity index is 2.45. The quantitative estimate of drug-likeness (QED) is 0.739. The van der Waals surface area contributed by atoms with Crippen molar-refractivity contribution in [2.45, 2.75) is 46.2 Å². The van der Waals surface area contributed by atoms with Gasteiger partial charge in [0, 0.05) is 19.6 Å². The molecular formula is C13H24BrN3S. The Labute approximate surface area is 123 Å². The Morgan fingerprint density at radius 2 is 2.17 bits per heavy atom. The number of aromatic nitrogens is 2. The van der Waals surface area contributed by atoms with Crippen molar-refractivity contribution in [3.63, 3.8) is 0 Å². The summed E-state index contributed by atoms with van der Waals surface area (Å²) in [5.74, 6) is 2.44. The van der Waals surface area contributed by atoms with Gasteiger partial charge in [-0.25, -0.2) is 0 Å². The number of nitrogens with one attached hydrogen (secondary N) is 1. The van der Waals surface area contributed by atoms with Crippen LogP contribution in [0.2, 0.25) is 0 Å². The Kier molecular flexibility index (Phi) is 7.34. The van der Waals surface area contributed by atoms with Crippen molar-refractivity contribution in [1.29, 1.82) is 0 Å². The molecule has 1 aromatic heterocycles. The SMILES string of the molecule is CCSCCC(C)NCc1c(Br)c(CC)nn1C. The molecule has 1 N–H and O–H groups in total. The first-order valence-corrected chi connectivity index (χ1v) is 8.56. The summed E-state index contributed by atoms with van der Waals surface area (Å²) in [6.45, 7) is 7.47. The molecular weight excluding hydrogens is 310 g/mol. The minimum absolute atomic E-state index is 0.552. The van der Waals surface area contributed by atoms with Gasteiger partial charge in [-0.05, 0) is 47.2 Å². The third-order valence-electron chi connectivity index (χ3n) is 3.02. The minimum Gasteiger partial charge on any atom is -0.309 e. The average molecular weight is 334 g/mol. The number of hydrogen-bond acceptors (Lipinski definition) is 3. The molecule has 0 aliphatic rings. The fourth-order valence-corrected chi connectivity index (χ4v) is 3.35. The standard InChI is InChI=1S/C13H24BrN3S/c1-5-11-13(14)12(17(4)16-11)9-15-10(3)7-8-18-6-2/h10,15H,5-9H2,1-4H3. The second-order valence-electron chi connectivity index (χ2n) is 4.45. The molecule has 0 aromatic carbocycles. The zero-order valence-electron chi connectivity index (χ0n) is 11.8. The zero-order valence-corrected chi connectivity index (χ0v) is 14.2. The first-order chi connectivity index (χ1) is 8.60. The van der Waals surface area contributed by atoms with Gasteiger partial charge in [-0.2, -0.15) is 16.9 Å². The molecule has 0 fully saturated rings. The van der Waals surface area contributed by atoms with Crippen LogP contribution < -0.4 is 5.32 Å². The highest BCUT2D eigenvalue weighted by Crippen LogP contribution is 2.21. The summed E-state index contributed by atoms with van der Waals surface area (Å²) in [6.07, 6.45) is 2.19. The van der Waals surface area contributed by atoms with Crippen LogP contribution in [0.15, 0.2) is 4.47 Å². The summed E-state index contributed by atoms with van der Waals surface area (Å²) in [5.41, 5.74) is 2.38. The van der Waals surface area contributed by atoms with Crippen molar-refractivity contribution >= 4 is 27.7 Å². The zero-order chi connectivity index (χ0) is 13.5. The minimum atomic E-state index is 0.552. The summed E-state index contributed by atoms with van der Waals surface area (Å²) >= 11 is 5.65. The summed E-state index contributed by atoms with van der Waals surface area (Å²) in [7, 11) is 2.01. The summed E-state index contributed by atoms with van der Waals surface area (Å²) in [6, 6.07) is 0.552. The van der Waals surface area contributed by atoms with E-state index in [-0.39, 0.29) is 0 Å². The van der Waals surface area contributed by atoms with Crippen LogP contribution in [0.5, 0.6) is 0 Å². The van der Waals surface area contributed by atoms with Crippen molar-refractivity contribution in [3.05, 3.63) is 15.9 Å². The smallest absolute Gasteiger partial charge is 0.0767 e. The molecule has 1 aromatic rings. The molecule has 0 radical (unpaired) electrons. The molecule has 104 valence electrons. The molecule has 0 saturated heterocycles. The van der Waals surface area contributed by atoms with Gasteiger partial charge in [0.2, 0.25) is 0 Å². The van der Waals surface area contributed by atoms with Crippen LogP contribution in [0.1, 0.15) is 38.6 Å². The lowest BCUT2D eigenvalue weighted by Gasteiger charge is -2.13. The van der Waals surface area contributed by atoms with E-state index in [9.17, 15) is 0 Å². The first-order valence-electron chi connectivity index (χ1n) is 6.61. The lowest BCUT2D eigenvalue weighted by atomic mass is 10.2. The van der Waals surface area contributed by atoms with E-state index in [2.05, 4.69) is 47.1 Å². The summed E-state index contributed by atoms with van der Waals surface area (Å²) in [5, 5.41) is 8.08. The van der Waals surface area contributed by atoms with Crippen LogP contribution in [0.25, 0.3) is 0 Å². The van der Waals surface area contributed by atoms with Gasteiger partial charge >= 0.3 is 0 Å². The molecule has 0 saturated carbocycles. The molecule has 1 atom stereocenters. The third-order valence-corrected chi connectivity index (χ3v) is 4.87. The van der Waals surface area contributed by atoms with E-state index in [0.717, 1.165) is 23.1 Å². The topological polar surface area (TPSA) is 29.9 Å². The van der Waals surface area contributed by atoms with E-state index >= 15 is 0 Å². The molecule has 0 spiro atoms. The van der Waals surface area contributed by atoms with Gasteiger partial charge in [0.05, 0.1) is 15.9 Å². The maximum atomic E-state index is 4.51. The van der Waals surface area contributed by atoms with E-state index in [0.29, 0.717) is 6.04 Å². The predicted molar refractivity (Wildman–Crippen MR) is 84.2 cm³/mol. The van der Waals surface area contributed by atoms with Gasteiger partial charge < -0.3 is 5.32 Å². The number of rotatable bonds is 8. The van der Waals surface area contributed by atoms with Crippen molar-refractivity contribution in [2.75, 3.05) is 11.5 Å². The molecule has 5 heteroatoms.